The Kier molecular flexibility index (Phi) is 8.04. The lowest BCUT2D eigenvalue weighted by Gasteiger charge is -2.40. The van der Waals surface area contributed by atoms with Crippen LogP contribution >= 0.6 is 0 Å². The molecule has 1 atom stereocenters. The van der Waals surface area contributed by atoms with Gasteiger partial charge in [-0.1, -0.05) is 13.0 Å². The van der Waals surface area contributed by atoms with E-state index in [1.54, 1.807) is 0 Å². The molecule has 1 unspecified atom stereocenters. The molecule has 0 bridgehead atoms. The number of halogens is 1. The van der Waals surface area contributed by atoms with Crippen LogP contribution in [0.15, 0.2) is 48.8 Å². The van der Waals surface area contributed by atoms with Crippen molar-refractivity contribution < 1.29 is 13.9 Å². The van der Waals surface area contributed by atoms with E-state index in [0.717, 1.165) is 61.3 Å². The molecular weight excluding hydrogens is 567 g/mol. The lowest BCUT2D eigenvalue weighted by atomic mass is 9.92. The highest BCUT2D eigenvalue weighted by Crippen LogP contribution is 2.42. The molecule has 9 heteroatoms. The third-order valence-electron chi connectivity index (χ3n) is 9.57. The van der Waals surface area contributed by atoms with Gasteiger partial charge in [-0.15, -0.1) is 0 Å². The quantitative estimate of drug-likeness (QED) is 0.238. The van der Waals surface area contributed by atoms with Crippen molar-refractivity contribution in [3.63, 3.8) is 0 Å². The van der Waals surface area contributed by atoms with Crippen molar-refractivity contribution in [2.75, 3.05) is 44.7 Å². The van der Waals surface area contributed by atoms with Crippen LogP contribution in [-0.4, -0.2) is 65.7 Å². The number of anilines is 1. The van der Waals surface area contributed by atoms with Crippen LogP contribution in [0.25, 0.3) is 27.6 Å². The zero-order chi connectivity index (χ0) is 31.1. The molecule has 1 N–H and O–H groups in total. The predicted octanol–water partition coefficient (Wildman–Crippen LogP) is 5.92. The topological polar surface area (TPSA) is 75.5 Å². The van der Waals surface area contributed by atoms with Crippen molar-refractivity contribution in [3.8, 4) is 16.9 Å². The first-order chi connectivity index (χ1) is 22.0. The molecule has 4 aromatic rings. The maximum atomic E-state index is 14.0. The van der Waals surface area contributed by atoms with E-state index in [-0.39, 0.29) is 6.04 Å². The van der Waals surface area contributed by atoms with Crippen LogP contribution in [0.3, 0.4) is 0 Å². The largest absolute Gasteiger partial charge is 0.493 e. The van der Waals surface area contributed by atoms with E-state index < -0.39 is 5.82 Å². The highest BCUT2D eigenvalue weighted by Gasteiger charge is 2.32. The highest BCUT2D eigenvalue weighted by atomic mass is 19.1. The van der Waals surface area contributed by atoms with Crippen molar-refractivity contribution in [2.24, 2.45) is 5.92 Å². The second kappa shape index (κ2) is 12.3. The lowest BCUT2D eigenvalue weighted by molar-refractivity contribution is -0.120. The minimum absolute atomic E-state index is 0.231. The van der Waals surface area contributed by atoms with Crippen LogP contribution < -0.4 is 15.0 Å². The molecule has 2 aliphatic heterocycles. The number of amides is 1. The van der Waals surface area contributed by atoms with Gasteiger partial charge in [-0.2, -0.15) is 0 Å². The van der Waals surface area contributed by atoms with Gasteiger partial charge in [0.2, 0.25) is 6.41 Å². The summed E-state index contributed by atoms with van der Waals surface area (Å²) in [7, 11) is 1.53. The van der Waals surface area contributed by atoms with Gasteiger partial charge in [0.1, 0.15) is 5.82 Å². The minimum Gasteiger partial charge on any atom is -0.493 e. The average molecular weight is 609 g/mol. The van der Waals surface area contributed by atoms with Crippen LogP contribution in [-0.2, 0) is 17.8 Å². The van der Waals surface area contributed by atoms with Crippen molar-refractivity contribution in [3.05, 3.63) is 77.1 Å². The molecule has 1 amide bonds. The summed E-state index contributed by atoms with van der Waals surface area (Å²) < 4.78 is 22.1. The van der Waals surface area contributed by atoms with E-state index in [9.17, 15) is 9.18 Å². The Labute approximate surface area is 263 Å². The normalized spacial score (nSPS) is 18.8. The first kappa shape index (κ1) is 29.5. The molecule has 45 heavy (non-hydrogen) atoms. The van der Waals surface area contributed by atoms with Gasteiger partial charge in [0.15, 0.2) is 11.6 Å². The van der Waals surface area contributed by atoms with Crippen LogP contribution in [0.1, 0.15) is 54.7 Å². The van der Waals surface area contributed by atoms with Gasteiger partial charge in [-0.25, -0.2) is 9.37 Å². The molecule has 7 rings (SSSR count). The van der Waals surface area contributed by atoms with Gasteiger partial charge < -0.3 is 24.4 Å². The molecule has 2 fully saturated rings. The molecule has 0 radical (unpaired) electrons. The fourth-order valence-corrected chi connectivity index (χ4v) is 7.05. The SMILES string of the molecule is CCc1cc(C)ncc1-c1cc(C2CN(c3ncc(F)cc3OC)CCN2C=O)cc2cc(C3=CCCNC3)n(CC3CC3)c12. The maximum Gasteiger partial charge on any atom is 0.210 e. The third kappa shape index (κ3) is 5.70. The van der Waals surface area contributed by atoms with Gasteiger partial charge in [0.05, 0.1) is 24.9 Å². The predicted molar refractivity (Wildman–Crippen MR) is 176 cm³/mol. The van der Waals surface area contributed by atoms with Crippen LogP contribution in [0.2, 0.25) is 0 Å². The summed E-state index contributed by atoms with van der Waals surface area (Å²) in [4.78, 5) is 25.6. The van der Waals surface area contributed by atoms with Gasteiger partial charge in [0.25, 0.3) is 0 Å². The van der Waals surface area contributed by atoms with Crippen molar-refractivity contribution in [2.45, 2.75) is 52.1 Å². The number of hydrogen-bond acceptors (Lipinski definition) is 6. The Morgan fingerprint density at radius 2 is 1.96 bits per heavy atom. The number of pyridine rings is 2. The number of benzene rings is 1. The number of aromatic nitrogens is 3. The summed E-state index contributed by atoms with van der Waals surface area (Å²) >= 11 is 0. The number of carbonyl (C=O) groups is 1. The molecule has 5 heterocycles. The summed E-state index contributed by atoms with van der Waals surface area (Å²) in [6.45, 7) is 8.70. The molecule has 234 valence electrons. The Bertz CT molecular complexity index is 1780. The molecule has 8 nitrogen and oxygen atoms in total. The van der Waals surface area contributed by atoms with E-state index in [4.69, 9.17) is 9.72 Å². The smallest absolute Gasteiger partial charge is 0.210 e. The number of methoxy groups -OCH3 is 1. The van der Waals surface area contributed by atoms with Crippen LogP contribution in [0, 0.1) is 18.7 Å². The van der Waals surface area contributed by atoms with Crippen molar-refractivity contribution in [1.29, 1.82) is 0 Å². The molecule has 1 saturated heterocycles. The van der Waals surface area contributed by atoms with E-state index >= 15 is 0 Å². The highest BCUT2D eigenvalue weighted by molar-refractivity contribution is 5.99. The summed E-state index contributed by atoms with van der Waals surface area (Å²) in [5.74, 6) is 1.23. The average Bonchev–Trinajstić information content (AvgIpc) is 3.83. The molecule has 1 saturated carbocycles. The zero-order valence-corrected chi connectivity index (χ0v) is 26.4. The van der Waals surface area contributed by atoms with Crippen molar-refractivity contribution in [1.82, 2.24) is 24.8 Å². The molecule has 3 aromatic heterocycles. The number of rotatable bonds is 9. The van der Waals surface area contributed by atoms with Gasteiger partial charge in [-0.05, 0) is 86.0 Å². The number of fused-ring (bicyclic) bond motifs is 1. The summed E-state index contributed by atoms with van der Waals surface area (Å²) in [5, 5.41) is 4.75. The first-order valence-electron chi connectivity index (χ1n) is 16.2. The van der Waals surface area contributed by atoms with Gasteiger partial charge >= 0.3 is 0 Å². The standard InChI is InChI=1S/C36H41FN6O2/c1-4-25-12-23(2)39-19-31(25)30-14-27(33-21-41(10-11-42(33)22-44)36-34(45-3)16-29(37)18-40-36)13-28-15-32(26-6-5-9-38-17-26)43(35(28)30)20-24-7-8-24/h6,12-16,18-19,22,24,33,38H,4-5,7-11,17,20-21H2,1-3H3. The number of carbonyl (C=O) groups excluding carboxylic acids is 1. The van der Waals surface area contributed by atoms with E-state index in [1.165, 1.54) is 59.9 Å². The minimum atomic E-state index is -0.443. The first-order valence-corrected chi connectivity index (χ1v) is 16.2. The zero-order valence-electron chi connectivity index (χ0n) is 26.4. The maximum absolute atomic E-state index is 14.0. The Morgan fingerprint density at radius 1 is 1.09 bits per heavy atom. The Hall–Kier alpha value is -4.24. The number of piperazine rings is 1. The second-order valence-corrected chi connectivity index (χ2v) is 12.6. The van der Waals surface area contributed by atoms with Gasteiger partial charge in [-0.3, -0.25) is 9.78 Å². The Morgan fingerprint density at radius 3 is 2.69 bits per heavy atom. The monoisotopic (exact) mass is 608 g/mol. The lowest BCUT2D eigenvalue weighted by Crippen LogP contribution is -2.48. The van der Waals surface area contributed by atoms with Gasteiger partial charge in [0, 0.05) is 72.9 Å². The second-order valence-electron chi connectivity index (χ2n) is 12.6. The molecule has 3 aliphatic rings. The van der Waals surface area contributed by atoms with Crippen LogP contribution in [0.4, 0.5) is 10.2 Å². The van der Waals surface area contributed by atoms with Crippen molar-refractivity contribution >= 4 is 28.7 Å². The molecule has 1 aromatic carbocycles. The number of aryl methyl sites for hydroxylation is 2. The van der Waals surface area contributed by atoms with E-state index in [1.807, 2.05) is 18.0 Å². The van der Waals surface area contributed by atoms with Crippen LogP contribution in [0.5, 0.6) is 5.75 Å². The summed E-state index contributed by atoms with van der Waals surface area (Å²) in [6.07, 6.45) is 11.0. The summed E-state index contributed by atoms with van der Waals surface area (Å²) in [5.41, 5.74) is 9.48. The number of ether oxygens (including phenoxy) is 1. The number of nitrogens with one attached hydrogen (secondary N) is 1. The van der Waals surface area contributed by atoms with E-state index in [0.29, 0.717) is 37.1 Å². The molecular formula is C36H41FN6O2. The third-order valence-corrected chi connectivity index (χ3v) is 9.57. The fraction of sp³-hybridized carbons (Fsp3) is 0.417. The number of nitrogens with zero attached hydrogens (tertiary/aromatic N) is 5. The van der Waals surface area contributed by atoms with E-state index in [2.05, 4.69) is 57.0 Å². The molecule has 1 aliphatic carbocycles. The summed E-state index contributed by atoms with van der Waals surface area (Å²) in [6, 6.07) is 10.2. The molecule has 0 spiro atoms. The Balaban J connectivity index is 1.42. The number of hydrogen-bond donors (Lipinski definition) is 1. The fourth-order valence-electron chi connectivity index (χ4n) is 7.05.